The van der Waals surface area contributed by atoms with Crippen LogP contribution in [0.2, 0.25) is 4.34 Å². The molecule has 7 heteroatoms. The number of nitrogens with zero attached hydrogens (tertiary/aromatic N) is 3. The largest absolute Gasteiger partial charge is 0.293 e. The van der Waals surface area contributed by atoms with E-state index >= 15 is 0 Å². The smallest absolute Gasteiger partial charge is 0.159 e. The van der Waals surface area contributed by atoms with Gasteiger partial charge in [-0.25, -0.2) is 8.78 Å². The van der Waals surface area contributed by atoms with Crippen LogP contribution < -0.4 is 0 Å². The minimum atomic E-state index is -0.835. The van der Waals surface area contributed by atoms with Gasteiger partial charge in [-0.1, -0.05) is 29.1 Å². The van der Waals surface area contributed by atoms with Gasteiger partial charge in [-0.05, 0) is 24.2 Å². The quantitative estimate of drug-likeness (QED) is 0.846. The Morgan fingerprint density at radius 2 is 2.05 bits per heavy atom. The second kappa shape index (κ2) is 6.36. The molecule has 3 nitrogen and oxygen atoms in total. The van der Waals surface area contributed by atoms with Gasteiger partial charge in [-0.3, -0.25) is 4.90 Å². The average molecular weight is 304 g/mol. The Morgan fingerprint density at radius 3 is 2.63 bits per heavy atom. The first-order valence-corrected chi connectivity index (χ1v) is 6.88. The first-order valence-electron chi connectivity index (χ1n) is 5.73. The molecule has 102 valence electrons. The molecule has 0 bridgehead atoms. The minimum Gasteiger partial charge on any atom is -0.293 e. The molecule has 0 radical (unpaired) electrons. The Kier molecular flexibility index (Phi) is 4.79. The van der Waals surface area contributed by atoms with E-state index in [-0.39, 0.29) is 0 Å². The summed E-state index contributed by atoms with van der Waals surface area (Å²) in [5.41, 5.74) is 1.41. The number of aromatic nitrogens is 2. The van der Waals surface area contributed by atoms with E-state index in [1.165, 1.54) is 6.07 Å². The van der Waals surface area contributed by atoms with Gasteiger partial charge in [0.2, 0.25) is 0 Å². The van der Waals surface area contributed by atoms with Gasteiger partial charge in [0.15, 0.2) is 11.6 Å². The molecule has 0 N–H and O–H groups in total. The SMILES string of the molecule is CCN(Cc1ccc(F)c(F)c1)Cc1nnsc1Cl. The molecule has 0 spiro atoms. The molecule has 0 unspecified atom stereocenters. The number of rotatable bonds is 5. The predicted octanol–water partition coefficient (Wildman–Crippen LogP) is 3.49. The van der Waals surface area contributed by atoms with Gasteiger partial charge in [-0.2, -0.15) is 0 Å². The lowest BCUT2D eigenvalue weighted by Gasteiger charge is -2.19. The third-order valence-electron chi connectivity index (χ3n) is 2.72. The molecule has 0 aliphatic heterocycles. The molecule has 2 rings (SSSR count). The fraction of sp³-hybridized carbons (Fsp3) is 0.333. The molecule has 1 aromatic carbocycles. The summed E-state index contributed by atoms with van der Waals surface area (Å²) >= 11 is 7.08. The van der Waals surface area contributed by atoms with E-state index in [0.29, 0.717) is 28.7 Å². The molecule has 19 heavy (non-hydrogen) atoms. The predicted molar refractivity (Wildman–Crippen MR) is 71.1 cm³/mol. The lowest BCUT2D eigenvalue weighted by atomic mass is 10.2. The molecule has 1 heterocycles. The van der Waals surface area contributed by atoms with Crippen LogP contribution in [0.15, 0.2) is 18.2 Å². The van der Waals surface area contributed by atoms with Crippen molar-refractivity contribution >= 4 is 23.1 Å². The number of hydrogen-bond acceptors (Lipinski definition) is 4. The second-order valence-corrected chi connectivity index (χ2v) is 5.40. The Bertz CT molecular complexity index is 562. The van der Waals surface area contributed by atoms with Gasteiger partial charge in [-0.15, -0.1) is 5.10 Å². The highest BCUT2D eigenvalue weighted by atomic mass is 35.5. The maximum absolute atomic E-state index is 13.1. The van der Waals surface area contributed by atoms with E-state index in [9.17, 15) is 8.78 Å². The van der Waals surface area contributed by atoms with Crippen molar-refractivity contribution in [2.45, 2.75) is 20.0 Å². The monoisotopic (exact) mass is 303 g/mol. The molecular formula is C12H12ClF2N3S. The summed E-state index contributed by atoms with van der Waals surface area (Å²) in [5.74, 6) is -1.67. The molecule has 0 aliphatic carbocycles. The van der Waals surface area contributed by atoms with Crippen molar-refractivity contribution in [2.75, 3.05) is 6.54 Å². The third-order valence-corrected chi connectivity index (χ3v) is 3.70. The molecular weight excluding hydrogens is 292 g/mol. The minimum absolute atomic E-state index is 0.502. The van der Waals surface area contributed by atoms with Crippen LogP contribution in [0.5, 0.6) is 0 Å². The average Bonchev–Trinajstić information content (AvgIpc) is 2.78. The summed E-state index contributed by atoms with van der Waals surface area (Å²) in [6, 6.07) is 3.91. The zero-order chi connectivity index (χ0) is 13.8. The van der Waals surface area contributed by atoms with Gasteiger partial charge < -0.3 is 0 Å². The van der Waals surface area contributed by atoms with Crippen molar-refractivity contribution < 1.29 is 8.78 Å². The maximum Gasteiger partial charge on any atom is 0.159 e. The normalized spacial score (nSPS) is 11.2. The van der Waals surface area contributed by atoms with Gasteiger partial charge in [0.25, 0.3) is 0 Å². The number of benzene rings is 1. The van der Waals surface area contributed by atoms with Crippen molar-refractivity contribution in [1.82, 2.24) is 14.5 Å². The van der Waals surface area contributed by atoms with Crippen molar-refractivity contribution in [2.24, 2.45) is 0 Å². The lowest BCUT2D eigenvalue weighted by Crippen LogP contribution is -2.22. The molecule has 0 amide bonds. The molecule has 2 aromatic rings. The molecule has 0 saturated carbocycles. The standard InChI is InChI=1S/C12H12ClF2N3S/c1-2-18(7-11-12(13)19-17-16-11)6-8-3-4-9(14)10(15)5-8/h3-5H,2,6-7H2,1H3. The summed E-state index contributed by atoms with van der Waals surface area (Å²) in [4.78, 5) is 2.02. The third kappa shape index (κ3) is 3.68. The van der Waals surface area contributed by atoms with Gasteiger partial charge in [0.05, 0.1) is 0 Å². The van der Waals surface area contributed by atoms with Crippen molar-refractivity contribution in [3.05, 3.63) is 45.4 Å². The van der Waals surface area contributed by atoms with E-state index in [2.05, 4.69) is 9.59 Å². The van der Waals surface area contributed by atoms with Crippen LogP contribution in [0.25, 0.3) is 0 Å². The second-order valence-electron chi connectivity index (χ2n) is 4.05. The summed E-state index contributed by atoms with van der Waals surface area (Å²) < 4.78 is 30.3. The summed E-state index contributed by atoms with van der Waals surface area (Å²) in [7, 11) is 0. The Hall–Kier alpha value is -1.11. The van der Waals surface area contributed by atoms with Crippen LogP contribution >= 0.6 is 23.1 Å². The molecule has 0 fully saturated rings. The molecule has 0 saturated heterocycles. The van der Waals surface area contributed by atoms with Crippen molar-refractivity contribution in [3.63, 3.8) is 0 Å². The van der Waals surface area contributed by atoms with Gasteiger partial charge in [0.1, 0.15) is 10.0 Å². The Morgan fingerprint density at radius 1 is 1.26 bits per heavy atom. The van der Waals surface area contributed by atoms with E-state index in [4.69, 9.17) is 11.6 Å². The zero-order valence-electron chi connectivity index (χ0n) is 10.2. The summed E-state index contributed by atoms with van der Waals surface area (Å²) in [5, 5.41) is 3.94. The molecule has 0 atom stereocenters. The van der Waals surface area contributed by atoms with Crippen LogP contribution in [-0.2, 0) is 13.1 Å². The van der Waals surface area contributed by atoms with E-state index in [1.54, 1.807) is 6.07 Å². The van der Waals surface area contributed by atoms with E-state index < -0.39 is 11.6 Å². The fourth-order valence-corrected chi connectivity index (χ4v) is 2.29. The van der Waals surface area contributed by atoms with Crippen LogP contribution in [-0.4, -0.2) is 21.0 Å². The topological polar surface area (TPSA) is 29.0 Å². The lowest BCUT2D eigenvalue weighted by molar-refractivity contribution is 0.267. The van der Waals surface area contributed by atoms with Crippen LogP contribution in [0, 0.1) is 11.6 Å². The fourth-order valence-electron chi connectivity index (χ4n) is 1.68. The molecule has 1 aromatic heterocycles. The summed E-state index contributed by atoms with van der Waals surface area (Å²) in [6.07, 6.45) is 0. The number of hydrogen-bond donors (Lipinski definition) is 0. The van der Waals surface area contributed by atoms with Gasteiger partial charge >= 0.3 is 0 Å². The van der Waals surface area contributed by atoms with Crippen molar-refractivity contribution in [1.29, 1.82) is 0 Å². The first kappa shape index (κ1) is 14.3. The maximum atomic E-state index is 13.1. The van der Waals surface area contributed by atoms with Crippen LogP contribution in [0.3, 0.4) is 0 Å². The first-order chi connectivity index (χ1) is 9.10. The van der Waals surface area contributed by atoms with Gasteiger partial charge in [0, 0.05) is 24.6 Å². The number of halogens is 3. The summed E-state index contributed by atoms with van der Waals surface area (Å²) in [6.45, 7) is 3.76. The van der Waals surface area contributed by atoms with E-state index in [1.807, 2.05) is 11.8 Å². The van der Waals surface area contributed by atoms with Crippen LogP contribution in [0.4, 0.5) is 8.78 Å². The van der Waals surface area contributed by atoms with Crippen LogP contribution in [0.1, 0.15) is 18.2 Å². The highest BCUT2D eigenvalue weighted by Gasteiger charge is 2.12. The Labute approximate surface area is 119 Å². The highest BCUT2D eigenvalue weighted by Crippen LogP contribution is 2.20. The van der Waals surface area contributed by atoms with Crippen molar-refractivity contribution in [3.8, 4) is 0 Å². The highest BCUT2D eigenvalue weighted by molar-refractivity contribution is 7.10. The Balaban J connectivity index is 2.06. The zero-order valence-corrected chi connectivity index (χ0v) is 11.8. The van der Waals surface area contributed by atoms with E-state index in [0.717, 1.165) is 24.1 Å². The molecule has 0 aliphatic rings.